The predicted molar refractivity (Wildman–Crippen MR) is 98.6 cm³/mol. The molecule has 0 unspecified atom stereocenters. The molecule has 0 spiro atoms. The molecule has 0 radical (unpaired) electrons. The Bertz CT molecular complexity index is 806. The Morgan fingerprint density at radius 3 is 2.85 bits per heavy atom. The summed E-state index contributed by atoms with van der Waals surface area (Å²) in [7, 11) is 0. The fourth-order valence-corrected chi connectivity index (χ4v) is 3.04. The molecule has 1 saturated heterocycles. The van der Waals surface area contributed by atoms with Crippen LogP contribution in [0.15, 0.2) is 42.6 Å². The molecule has 2 aromatic rings. The van der Waals surface area contributed by atoms with Gasteiger partial charge >= 0.3 is 0 Å². The van der Waals surface area contributed by atoms with Crippen molar-refractivity contribution in [2.75, 3.05) is 38.1 Å². The molecule has 1 aromatic heterocycles. The van der Waals surface area contributed by atoms with Gasteiger partial charge in [0, 0.05) is 25.8 Å². The van der Waals surface area contributed by atoms with Gasteiger partial charge in [-0.05, 0) is 49.2 Å². The topological polar surface area (TPSA) is 85.0 Å². The van der Waals surface area contributed by atoms with Crippen LogP contribution < -0.4 is 10.1 Å². The Morgan fingerprint density at radius 1 is 1.19 bits per heavy atom. The van der Waals surface area contributed by atoms with Crippen molar-refractivity contribution < 1.29 is 4.74 Å². The van der Waals surface area contributed by atoms with Gasteiger partial charge < -0.3 is 10.1 Å². The third-order valence-corrected chi connectivity index (χ3v) is 4.47. The van der Waals surface area contributed by atoms with E-state index in [2.05, 4.69) is 27.3 Å². The van der Waals surface area contributed by atoms with Gasteiger partial charge in [0.2, 0.25) is 0 Å². The minimum atomic E-state index is 0.572. The Kier molecular flexibility index (Phi) is 6.03. The molecule has 1 aromatic carbocycles. The summed E-state index contributed by atoms with van der Waals surface area (Å²) in [6.07, 6.45) is 2.73. The molecule has 0 saturated carbocycles. The van der Waals surface area contributed by atoms with Crippen LogP contribution >= 0.6 is 0 Å². The lowest BCUT2D eigenvalue weighted by Gasteiger charge is -2.17. The molecule has 1 aliphatic heterocycles. The molecule has 1 fully saturated rings. The number of nitriles is 2. The summed E-state index contributed by atoms with van der Waals surface area (Å²) >= 11 is 0. The highest BCUT2D eigenvalue weighted by molar-refractivity contribution is 5.39. The summed E-state index contributed by atoms with van der Waals surface area (Å²) in [4.78, 5) is 6.63. The average molecular weight is 347 g/mol. The molecule has 132 valence electrons. The smallest absolute Gasteiger partial charge is 0.125 e. The summed E-state index contributed by atoms with van der Waals surface area (Å²) in [5.74, 6) is 2.13. The first-order valence-electron chi connectivity index (χ1n) is 8.72. The zero-order valence-corrected chi connectivity index (χ0v) is 14.6. The van der Waals surface area contributed by atoms with E-state index in [9.17, 15) is 0 Å². The molecular formula is C20H21N5O. The normalized spacial score (nSPS) is 16.6. The quantitative estimate of drug-likeness (QED) is 0.829. The molecule has 1 aliphatic rings. The minimum absolute atomic E-state index is 0.572. The van der Waals surface area contributed by atoms with Crippen molar-refractivity contribution in [1.82, 2.24) is 9.88 Å². The van der Waals surface area contributed by atoms with Crippen LogP contribution in [-0.2, 0) is 0 Å². The van der Waals surface area contributed by atoms with Gasteiger partial charge in [-0.15, -0.1) is 0 Å². The van der Waals surface area contributed by atoms with Crippen molar-refractivity contribution in [3.63, 3.8) is 0 Å². The lowest BCUT2D eigenvalue weighted by Crippen LogP contribution is -2.27. The van der Waals surface area contributed by atoms with Crippen molar-refractivity contribution in [2.45, 2.75) is 6.42 Å². The van der Waals surface area contributed by atoms with E-state index >= 15 is 0 Å². The monoisotopic (exact) mass is 347 g/mol. The zero-order valence-electron chi connectivity index (χ0n) is 14.6. The van der Waals surface area contributed by atoms with Gasteiger partial charge in [0.1, 0.15) is 24.2 Å². The first-order chi connectivity index (χ1) is 12.8. The first kappa shape index (κ1) is 17.7. The maximum Gasteiger partial charge on any atom is 0.125 e. The number of pyridine rings is 1. The number of likely N-dealkylation sites (tertiary alicyclic amines) is 1. The van der Waals surface area contributed by atoms with Crippen molar-refractivity contribution in [1.29, 1.82) is 10.5 Å². The third kappa shape index (κ3) is 4.95. The molecule has 26 heavy (non-hydrogen) atoms. The maximum atomic E-state index is 8.91. The van der Waals surface area contributed by atoms with Crippen LogP contribution in [0.3, 0.4) is 0 Å². The molecule has 6 nitrogen and oxygen atoms in total. The second-order valence-electron chi connectivity index (χ2n) is 6.37. The van der Waals surface area contributed by atoms with E-state index in [1.54, 1.807) is 24.4 Å². The molecule has 6 heteroatoms. The van der Waals surface area contributed by atoms with Crippen LogP contribution in [0.4, 0.5) is 5.82 Å². The van der Waals surface area contributed by atoms with Crippen LogP contribution in [0.25, 0.3) is 0 Å². The van der Waals surface area contributed by atoms with Crippen molar-refractivity contribution in [3.8, 4) is 17.9 Å². The summed E-state index contributed by atoms with van der Waals surface area (Å²) in [5, 5.41) is 21.0. The highest BCUT2D eigenvalue weighted by Gasteiger charge is 2.22. The number of hydrogen-bond donors (Lipinski definition) is 1. The molecule has 0 amide bonds. The van der Waals surface area contributed by atoms with Crippen LogP contribution in [0.1, 0.15) is 17.5 Å². The van der Waals surface area contributed by atoms with E-state index in [1.807, 2.05) is 18.2 Å². The van der Waals surface area contributed by atoms with Crippen molar-refractivity contribution >= 4 is 5.82 Å². The fraction of sp³-hybridized carbons (Fsp3) is 0.350. The van der Waals surface area contributed by atoms with Gasteiger partial charge in [-0.3, -0.25) is 4.90 Å². The number of anilines is 1. The largest absolute Gasteiger partial charge is 0.492 e. The Balaban J connectivity index is 1.37. The molecule has 0 aliphatic carbocycles. The Hall–Kier alpha value is -3.09. The highest BCUT2D eigenvalue weighted by Crippen LogP contribution is 2.17. The van der Waals surface area contributed by atoms with E-state index in [4.69, 9.17) is 15.3 Å². The number of rotatable bonds is 7. The van der Waals surface area contributed by atoms with Gasteiger partial charge in [-0.25, -0.2) is 4.98 Å². The highest BCUT2D eigenvalue weighted by atomic mass is 16.5. The number of aromatic nitrogens is 1. The maximum absolute atomic E-state index is 8.91. The van der Waals surface area contributed by atoms with Gasteiger partial charge in [-0.1, -0.05) is 6.07 Å². The summed E-state index contributed by atoms with van der Waals surface area (Å²) in [5.41, 5.74) is 1.19. The number of nitrogens with zero attached hydrogens (tertiary/aromatic N) is 4. The predicted octanol–water partition coefficient (Wildman–Crippen LogP) is 2.64. The third-order valence-electron chi connectivity index (χ3n) is 4.47. The van der Waals surface area contributed by atoms with Gasteiger partial charge in [0.15, 0.2) is 0 Å². The SMILES string of the molecule is N#Cc1ccc(NC[C@@H]2CCN(CCOc3cccc(C#N)c3)C2)nc1. The van der Waals surface area contributed by atoms with Gasteiger partial charge in [0.05, 0.1) is 17.2 Å². The fourth-order valence-electron chi connectivity index (χ4n) is 3.04. The van der Waals surface area contributed by atoms with Crippen molar-refractivity contribution in [3.05, 3.63) is 53.7 Å². The van der Waals surface area contributed by atoms with Gasteiger partial charge in [0.25, 0.3) is 0 Å². The van der Waals surface area contributed by atoms with Crippen LogP contribution in [0.2, 0.25) is 0 Å². The molecule has 1 atom stereocenters. The number of hydrogen-bond acceptors (Lipinski definition) is 6. The standard InChI is InChI=1S/C20H21N5O/c21-11-16-2-1-3-19(10-16)26-9-8-25-7-6-18(15-25)14-24-20-5-4-17(12-22)13-23-20/h1-5,10,13,18H,6-9,14-15H2,(H,23,24)/t18-/m0/s1. The minimum Gasteiger partial charge on any atom is -0.492 e. The lowest BCUT2D eigenvalue weighted by atomic mass is 10.1. The van der Waals surface area contributed by atoms with Crippen LogP contribution in [-0.4, -0.2) is 42.7 Å². The van der Waals surface area contributed by atoms with E-state index in [-0.39, 0.29) is 0 Å². The molecule has 3 rings (SSSR count). The summed E-state index contributed by atoms with van der Waals surface area (Å²) < 4.78 is 5.75. The number of nitrogens with one attached hydrogen (secondary N) is 1. The van der Waals surface area contributed by atoms with Gasteiger partial charge in [-0.2, -0.15) is 10.5 Å². The molecule has 1 N–H and O–H groups in total. The number of ether oxygens (including phenoxy) is 1. The van der Waals surface area contributed by atoms with Crippen molar-refractivity contribution in [2.24, 2.45) is 5.92 Å². The van der Waals surface area contributed by atoms with E-state index in [0.29, 0.717) is 23.7 Å². The van der Waals surface area contributed by atoms with E-state index < -0.39 is 0 Å². The second kappa shape index (κ2) is 8.84. The second-order valence-corrected chi connectivity index (χ2v) is 6.37. The molecule has 0 bridgehead atoms. The molecule has 2 heterocycles. The summed E-state index contributed by atoms with van der Waals surface area (Å²) in [6.45, 7) is 4.47. The molecular weight excluding hydrogens is 326 g/mol. The van der Waals surface area contributed by atoms with E-state index in [0.717, 1.165) is 44.2 Å². The van der Waals surface area contributed by atoms with Crippen LogP contribution in [0.5, 0.6) is 5.75 Å². The zero-order chi connectivity index (χ0) is 18.2. The number of benzene rings is 1. The first-order valence-corrected chi connectivity index (χ1v) is 8.72. The summed E-state index contributed by atoms with van der Waals surface area (Å²) in [6, 6.07) is 15.1. The van der Waals surface area contributed by atoms with Crippen LogP contribution in [0, 0.1) is 28.6 Å². The Morgan fingerprint density at radius 2 is 2.08 bits per heavy atom. The van der Waals surface area contributed by atoms with E-state index in [1.165, 1.54) is 0 Å². The Labute approximate surface area is 153 Å². The lowest BCUT2D eigenvalue weighted by molar-refractivity contribution is 0.233. The average Bonchev–Trinajstić information content (AvgIpc) is 3.15.